The Hall–Kier alpha value is -2.77. The van der Waals surface area contributed by atoms with E-state index >= 15 is 0 Å². The van der Waals surface area contributed by atoms with Crippen LogP contribution < -0.4 is 10.1 Å². The molecule has 5 nitrogen and oxygen atoms in total. The Morgan fingerprint density at radius 3 is 2.61 bits per heavy atom. The van der Waals surface area contributed by atoms with Crippen LogP contribution in [-0.4, -0.2) is 35.4 Å². The molecule has 1 fully saturated rings. The first-order chi connectivity index (χ1) is 13.4. The fourth-order valence-corrected chi connectivity index (χ4v) is 3.33. The minimum atomic E-state index is -4.73. The summed E-state index contributed by atoms with van der Waals surface area (Å²) in [5, 5.41) is 2.76. The number of urea groups is 1. The number of nitrogens with zero attached hydrogens (tertiary/aromatic N) is 2. The summed E-state index contributed by atoms with van der Waals surface area (Å²) in [5.74, 6) is 0.222. The number of alkyl halides is 3. The number of pyridine rings is 1. The van der Waals surface area contributed by atoms with Crippen LogP contribution in [0.3, 0.4) is 0 Å². The Kier molecular flexibility index (Phi) is 6.38. The van der Waals surface area contributed by atoms with Gasteiger partial charge in [-0.3, -0.25) is 4.98 Å². The molecule has 1 saturated heterocycles. The topological polar surface area (TPSA) is 54.5 Å². The zero-order valence-electron chi connectivity index (χ0n) is 15.3. The number of likely N-dealkylation sites (tertiary alicyclic amines) is 1. The number of halogens is 3. The van der Waals surface area contributed by atoms with E-state index in [0.29, 0.717) is 24.6 Å². The van der Waals surface area contributed by atoms with Gasteiger partial charge in [-0.25, -0.2) is 4.79 Å². The predicted molar refractivity (Wildman–Crippen MR) is 97.6 cm³/mol. The number of amides is 2. The minimum Gasteiger partial charge on any atom is -0.406 e. The second kappa shape index (κ2) is 8.95. The highest BCUT2D eigenvalue weighted by Crippen LogP contribution is 2.24. The van der Waals surface area contributed by atoms with Crippen LogP contribution >= 0.6 is 0 Å². The SMILES string of the molecule is O=C(NCc1cccc(OC(F)(F)F)c1)N1CCC(Cc2cccnc2)CC1. The highest BCUT2D eigenvalue weighted by molar-refractivity contribution is 5.74. The van der Waals surface area contributed by atoms with Gasteiger partial charge >= 0.3 is 12.4 Å². The molecule has 2 heterocycles. The van der Waals surface area contributed by atoms with Crippen molar-refractivity contribution < 1.29 is 22.7 Å². The summed E-state index contributed by atoms with van der Waals surface area (Å²) in [6, 6.07) is 9.38. The van der Waals surface area contributed by atoms with E-state index in [1.54, 1.807) is 17.2 Å². The van der Waals surface area contributed by atoms with Crippen molar-refractivity contribution in [3.8, 4) is 5.75 Å². The lowest BCUT2D eigenvalue weighted by atomic mass is 9.91. The standard InChI is InChI=1S/C20H22F3N3O2/c21-20(22,23)28-18-5-1-3-17(12-18)14-25-19(27)26-9-6-15(7-10-26)11-16-4-2-8-24-13-16/h1-5,8,12-13,15H,6-7,9-11,14H2,(H,25,27). The Morgan fingerprint density at radius 2 is 1.93 bits per heavy atom. The van der Waals surface area contributed by atoms with E-state index in [2.05, 4.69) is 21.1 Å². The molecule has 1 aliphatic heterocycles. The van der Waals surface area contributed by atoms with E-state index in [9.17, 15) is 18.0 Å². The smallest absolute Gasteiger partial charge is 0.406 e. The summed E-state index contributed by atoms with van der Waals surface area (Å²) in [4.78, 5) is 18.2. The Bertz CT molecular complexity index is 776. The van der Waals surface area contributed by atoms with Gasteiger partial charge in [-0.2, -0.15) is 0 Å². The number of benzene rings is 1. The number of carbonyl (C=O) groups excluding carboxylic acids is 1. The number of hydrogen-bond donors (Lipinski definition) is 1. The van der Waals surface area contributed by atoms with Crippen LogP contribution in [0.5, 0.6) is 5.75 Å². The Morgan fingerprint density at radius 1 is 1.18 bits per heavy atom. The van der Waals surface area contributed by atoms with Crippen molar-refractivity contribution in [2.45, 2.75) is 32.2 Å². The van der Waals surface area contributed by atoms with Crippen LogP contribution in [0.2, 0.25) is 0 Å². The maximum atomic E-state index is 12.3. The molecule has 1 aliphatic rings. The molecule has 0 aliphatic carbocycles. The maximum absolute atomic E-state index is 12.3. The molecular weight excluding hydrogens is 371 g/mol. The summed E-state index contributed by atoms with van der Waals surface area (Å²) < 4.78 is 40.8. The number of nitrogens with one attached hydrogen (secondary N) is 1. The van der Waals surface area contributed by atoms with Crippen LogP contribution in [0, 0.1) is 5.92 Å². The molecule has 0 unspecified atom stereocenters. The molecule has 1 aromatic heterocycles. The van der Waals surface area contributed by atoms with Crippen molar-refractivity contribution in [1.29, 1.82) is 0 Å². The molecule has 28 heavy (non-hydrogen) atoms. The zero-order chi connectivity index (χ0) is 20.0. The normalized spacial score (nSPS) is 15.3. The third kappa shape index (κ3) is 6.14. The van der Waals surface area contributed by atoms with Gasteiger partial charge in [0.2, 0.25) is 0 Å². The Labute approximate surface area is 161 Å². The van der Waals surface area contributed by atoms with E-state index in [4.69, 9.17) is 0 Å². The van der Waals surface area contributed by atoms with Gasteiger partial charge in [-0.05, 0) is 54.5 Å². The van der Waals surface area contributed by atoms with E-state index in [-0.39, 0.29) is 18.3 Å². The van der Waals surface area contributed by atoms with Gasteiger partial charge in [-0.15, -0.1) is 13.2 Å². The van der Waals surface area contributed by atoms with E-state index in [1.165, 1.54) is 23.8 Å². The van der Waals surface area contributed by atoms with Crippen LogP contribution in [0.1, 0.15) is 24.0 Å². The monoisotopic (exact) mass is 393 g/mol. The van der Waals surface area contributed by atoms with Crippen molar-refractivity contribution in [2.75, 3.05) is 13.1 Å². The lowest BCUT2D eigenvalue weighted by molar-refractivity contribution is -0.274. The first-order valence-electron chi connectivity index (χ1n) is 9.15. The highest BCUT2D eigenvalue weighted by atomic mass is 19.4. The maximum Gasteiger partial charge on any atom is 0.573 e. The van der Waals surface area contributed by atoms with Crippen LogP contribution in [-0.2, 0) is 13.0 Å². The third-order valence-corrected chi connectivity index (χ3v) is 4.72. The number of ether oxygens (including phenoxy) is 1. The van der Waals surface area contributed by atoms with E-state index in [1.807, 2.05) is 12.3 Å². The number of piperidine rings is 1. The second-order valence-electron chi connectivity index (χ2n) is 6.85. The molecule has 1 N–H and O–H groups in total. The predicted octanol–water partition coefficient (Wildman–Crippen LogP) is 4.14. The highest BCUT2D eigenvalue weighted by Gasteiger charge is 2.31. The fourth-order valence-electron chi connectivity index (χ4n) is 3.33. The van der Waals surface area contributed by atoms with Gasteiger partial charge in [-0.1, -0.05) is 18.2 Å². The van der Waals surface area contributed by atoms with Gasteiger partial charge in [0.05, 0.1) is 0 Å². The molecule has 2 aromatic rings. The largest absolute Gasteiger partial charge is 0.573 e. The van der Waals surface area contributed by atoms with Gasteiger partial charge in [0, 0.05) is 32.0 Å². The van der Waals surface area contributed by atoms with E-state index < -0.39 is 6.36 Å². The molecule has 8 heteroatoms. The average molecular weight is 393 g/mol. The van der Waals surface area contributed by atoms with Crippen molar-refractivity contribution in [1.82, 2.24) is 15.2 Å². The summed E-state index contributed by atoms with van der Waals surface area (Å²) in [6.45, 7) is 1.46. The lowest BCUT2D eigenvalue weighted by Crippen LogP contribution is -2.44. The van der Waals surface area contributed by atoms with Crippen LogP contribution in [0.15, 0.2) is 48.8 Å². The first-order valence-corrected chi connectivity index (χ1v) is 9.15. The molecule has 1 aromatic carbocycles. The number of rotatable bonds is 5. The molecule has 0 atom stereocenters. The van der Waals surface area contributed by atoms with Crippen molar-refractivity contribution in [2.24, 2.45) is 5.92 Å². The van der Waals surface area contributed by atoms with E-state index in [0.717, 1.165) is 19.3 Å². The van der Waals surface area contributed by atoms with Crippen LogP contribution in [0.4, 0.5) is 18.0 Å². The molecule has 0 radical (unpaired) electrons. The van der Waals surface area contributed by atoms with Crippen molar-refractivity contribution >= 4 is 6.03 Å². The fraction of sp³-hybridized carbons (Fsp3) is 0.400. The van der Waals surface area contributed by atoms with Gasteiger partial charge in [0.25, 0.3) is 0 Å². The molecular formula is C20H22F3N3O2. The average Bonchev–Trinajstić information content (AvgIpc) is 2.66. The van der Waals surface area contributed by atoms with Crippen molar-refractivity contribution in [3.63, 3.8) is 0 Å². The molecule has 0 spiro atoms. The summed E-state index contributed by atoms with van der Waals surface area (Å²) in [7, 11) is 0. The van der Waals surface area contributed by atoms with Gasteiger partial charge < -0.3 is 15.0 Å². The Balaban J connectivity index is 1.44. The summed E-state index contributed by atoms with van der Waals surface area (Å²) in [5.41, 5.74) is 1.74. The number of aromatic nitrogens is 1. The second-order valence-corrected chi connectivity index (χ2v) is 6.85. The van der Waals surface area contributed by atoms with Crippen LogP contribution in [0.25, 0.3) is 0 Å². The summed E-state index contributed by atoms with van der Waals surface area (Å²) >= 11 is 0. The molecule has 150 valence electrons. The molecule has 0 saturated carbocycles. The summed E-state index contributed by atoms with van der Waals surface area (Å²) in [6.07, 6.45) is 1.67. The van der Waals surface area contributed by atoms with Crippen molar-refractivity contribution in [3.05, 3.63) is 59.9 Å². The van der Waals surface area contributed by atoms with Gasteiger partial charge in [0.15, 0.2) is 0 Å². The molecule has 2 amide bonds. The van der Waals surface area contributed by atoms with Gasteiger partial charge in [0.1, 0.15) is 5.75 Å². The first kappa shape index (κ1) is 20.0. The molecule has 3 rings (SSSR count). The zero-order valence-corrected chi connectivity index (χ0v) is 15.3. The quantitative estimate of drug-likeness (QED) is 0.831. The minimum absolute atomic E-state index is 0.142. The number of hydrogen-bond acceptors (Lipinski definition) is 3. The third-order valence-electron chi connectivity index (χ3n) is 4.72. The lowest BCUT2D eigenvalue weighted by Gasteiger charge is -2.32. The molecule has 0 bridgehead atoms. The number of carbonyl (C=O) groups is 1.